The SMILES string of the molecule is CC1CN(C(=O)CC(C[N+](=O)[O-])c2ccc(Cl)cc2)CC(C)O1. The van der Waals surface area contributed by atoms with Gasteiger partial charge in [0.1, 0.15) is 0 Å². The summed E-state index contributed by atoms with van der Waals surface area (Å²) in [6.45, 7) is 4.61. The van der Waals surface area contributed by atoms with Gasteiger partial charge in [-0.1, -0.05) is 23.7 Å². The number of halogens is 1. The van der Waals surface area contributed by atoms with Crippen LogP contribution in [0.3, 0.4) is 0 Å². The van der Waals surface area contributed by atoms with Crippen LogP contribution in [-0.4, -0.2) is 47.6 Å². The Labute approximate surface area is 140 Å². The van der Waals surface area contributed by atoms with E-state index >= 15 is 0 Å². The molecule has 0 saturated carbocycles. The van der Waals surface area contributed by atoms with Crippen molar-refractivity contribution in [3.05, 3.63) is 45.0 Å². The van der Waals surface area contributed by atoms with Crippen LogP contribution in [0.5, 0.6) is 0 Å². The number of hydrogen-bond donors (Lipinski definition) is 0. The van der Waals surface area contributed by atoms with Crippen molar-refractivity contribution in [1.29, 1.82) is 0 Å². The van der Waals surface area contributed by atoms with Crippen LogP contribution < -0.4 is 0 Å². The predicted molar refractivity (Wildman–Crippen MR) is 87.3 cm³/mol. The van der Waals surface area contributed by atoms with Crippen molar-refractivity contribution in [1.82, 2.24) is 4.90 Å². The molecule has 1 fully saturated rings. The molecule has 0 spiro atoms. The molecule has 1 aliphatic rings. The highest BCUT2D eigenvalue weighted by Crippen LogP contribution is 2.24. The van der Waals surface area contributed by atoms with Gasteiger partial charge in [-0.3, -0.25) is 14.9 Å². The molecule has 0 radical (unpaired) electrons. The molecule has 0 N–H and O–H groups in total. The van der Waals surface area contributed by atoms with Crippen LogP contribution in [0.25, 0.3) is 0 Å². The van der Waals surface area contributed by atoms with E-state index in [1.807, 2.05) is 13.8 Å². The highest BCUT2D eigenvalue weighted by Gasteiger charge is 2.29. The molecule has 1 aliphatic heterocycles. The van der Waals surface area contributed by atoms with Gasteiger partial charge in [-0.05, 0) is 31.5 Å². The molecule has 1 aromatic carbocycles. The first kappa shape index (κ1) is 17.7. The van der Waals surface area contributed by atoms with Crippen LogP contribution in [-0.2, 0) is 9.53 Å². The Kier molecular flexibility index (Phi) is 5.96. The average Bonchev–Trinajstić information content (AvgIpc) is 2.45. The highest BCUT2D eigenvalue weighted by atomic mass is 35.5. The number of carbonyl (C=O) groups is 1. The van der Waals surface area contributed by atoms with Crippen molar-refractivity contribution in [2.45, 2.75) is 38.4 Å². The van der Waals surface area contributed by atoms with Gasteiger partial charge in [0.2, 0.25) is 12.5 Å². The molecule has 0 bridgehead atoms. The van der Waals surface area contributed by atoms with E-state index in [0.717, 1.165) is 5.56 Å². The molecule has 1 heterocycles. The molecule has 0 aliphatic carbocycles. The van der Waals surface area contributed by atoms with Crippen LogP contribution in [0.2, 0.25) is 5.02 Å². The van der Waals surface area contributed by atoms with Gasteiger partial charge in [-0.25, -0.2) is 0 Å². The number of nitro groups is 1. The summed E-state index contributed by atoms with van der Waals surface area (Å²) in [6.07, 6.45) is 0.0709. The van der Waals surface area contributed by atoms with Gasteiger partial charge < -0.3 is 9.64 Å². The van der Waals surface area contributed by atoms with Crippen molar-refractivity contribution < 1.29 is 14.5 Å². The molecule has 0 aromatic heterocycles. The third-order valence-electron chi connectivity index (χ3n) is 3.90. The lowest BCUT2D eigenvalue weighted by molar-refractivity contribution is -0.483. The lowest BCUT2D eigenvalue weighted by atomic mass is 9.95. The fraction of sp³-hybridized carbons (Fsp3) is 0.562. The fourth-order valence-corrected chi connectivity index (χ4v) is 3.05. The average molecular weight is 341 g/mol. The Bertz CT molecular complexity index is 554. The van der Waals surface area contributed by atoms with E-state index in [1.165, 1.54) is 0 Å². The second kappa shape index (κ2) is 7.75. The zero-order valence-electron chi connectivity index (χ0n) is 13.3. The molecule has 3 unspecified atom stereocenters. The van der Waals surface area contributed by atoms with Gasteiger partial charge in [-0.2, -0.15) is 0 Å². The fourth-order valence-electron chi connectivity index (χ4n) is 2.92. The van der Waals surface area contributed by atoms with Gasteiger partial charge in [0, 0.05) is 29.5 Å². The Morgan fingerprint density at radius 3 is 2.43 bits per heavy atom. The number of ether oxygens (including phenoxy) is 1. The normalized spacial score (nSPS) is 22.7. The van der Waals surface area contributed by atoms with Gasteiger partial charge in [-0.15, -0.1) is 0 Å². The van der Waals surface area contributed by atoms with E-state index in [2.05, 4.69) is 0 Å². The van der Waals surface area contributed by atoms with Crippen LogP contribution in [0.4, 0.5) is 0 Å². The zero-order valence-corrected chi connectivity index (χ0v) is 14.0. The number of benzene rings is 1. The second-order valence-electron chi connectivity index (χ2n) is 6.02. The summed E-state index contributed by atoms with van der Waals surface area (Å²) in [5, 5.41) is 11.5. The standard InChI is InChI=1S/C16H21ClN2O4/c1-11-8-18(9-12(2)23-11)16(20)7-14(10-19(21)22)13-3-5-15(17)6-4-13/h3-6,11-12,14H,7-10H2,1-2H3. The number of morpholine rings is 1. The maximum Gasteiger partial charge on any atom is 0.223 e. The Hall–Kier alpha value is -1.66. The van der Waals surface area contributed by atoms with E-state index < -0.39 is 5.92 Å². The largest absolute Gasteiger partial charge is 0.372 e. The van der Waals surface area contributed by atoms with E-state index in [9.17, 15) is 14.9 Å². The summed E-state index contributed by atoms with van der Waals surface area (Å²) in [4.78, 5) is 24.8. The number of amides is 1. The molecule has 1 saturated heterocycles. The van der Waals surface area contributed by atoms with Crippen LogP contribution in [0.1, 0.15) is 31.7 Å². The first-order valence-electron chi connectivity index (χ1n) is 7.65. The zero-order chi connectivity index (χ0) is 17.0. The van der Waals surface area contributed by atoms with Crippen molar-refractivity contribution >= 4 is 17.5 Å². The maximum atomic E-state index is 12.5. The minimum absolute atomic E-state index is 0.0211. The van der Waals surface area contributed by atoms with E-state index in [-0.39, 0.29) is 36.0 Å². The van der Waals surface area contributed by atoms with Crippen molar-refractivity contribution in [2.75, 3.05) is 19.6 Å². The third kappa shape index (κ3) is 5.18. The molecule has 6 nitrogen and oxygen atoms in total. The van der Waals surface area contributed by atoms with Crippen molar-refractivity contribution in [3.8, 4) is 0 Å². The number of nitrogens with zero attached hydrogens (tertiary/aromatic N) is 2. The first-order chi connectivity index (χ1) is 10.8. The molecular formula is C16H21ClN2O4. The third-order valence-corrected chi connectivity index (χ3v) is 4.16. The van der Waals surface area contributed by atoms with E-state index in [1.54, 1.807) is 29.2 Å². The molecular weight excluding hydrogens is 320 g/mol. The predicted octanol–water partition coefficient (Wildman–Crippen LogP) is 2.73. The Balaban J connectivity index is 2.09. The van der Waals surface area contributed by atoms with Crippen molar-refractivity contribution in [3.63, 3.8) is 0 Å². The number of rotatable bonds is 5. The van der Waals surface area contributed by atoms with E-state index in [4.69, 9.17) is 16.3 Å². The van der Waals surface area contributed by atoms with Crippen LogP contribution in [0, 0.1) is 10.1 Å². The molecule has 1 amide bonds. The van der Waals surface area contributed by atoms with Crippen molar-refractivity contribution in [2.24, 2.45) is 0 Å². The van der Waals surface area contributed by atoms with Crippen LogP contribution >= 0.6 is 11.6 Å². The summed E-state index contributed by atoms with van der Waals surface area (Å²) in [7, 11) is 0. The first-order valence-corrected chi connectivity index (χ1v) is 8.03. The van der Waals surface area contributed by atoms with E-state index in [0.29, 0.717) is 18.1 Å². The lowest BCUT2D eigenvalue weighted by Crippen LogP contribution is -2.48. The van der Waals surface area contributed by atoms with Crippen LogP contribution in [0.15, 0.2) is 24.3 Å². The monoisotopic (exact) mass is 340 g/mol. The number of carbonyl (C=O) groups excluding carboxylic acids is 1. The molecule has 23 heavy (non-hydrogen) atoms. The van der Waals surface area contributed by atoms with Gasteiger partial charge >= 0.3 is 0 Å². The summed E-state index contributed by atoms with van der Waals surface area (Å²) in [5.41, 5.74) is 0.758. The lowest BCUT2D eigenvalue weighted by Gasteiger charge is -2.35. The van der Waals surface area contributed by atoms with Gasteiger partial charge in [0.05, 0.1) is 18.1 Å². The topological polar surface area (TPSA) is 72.7 Å². The number of hydrogen-bond acceptors (Lipinski definition) is 4. The Morgan fingerprint density at radius 2 is 1.91 bits per heavy atom. The smallest absolute Gasteiger partial charge is 0.223 e. The molecule has 126 valence electrons. The second-order valence-corrected chi connectivity index (χ2v) is 6.46. The van der Waals surface area contributed by atoms with Gasteiger partial charge in [0.15, 0.2) is 0 Å². The minimum atomic E-state index is -0.455. The maximum absolute atomic E-state index is 12.5. The minimum Gasteiger partial charge on any atom is -0.372 e. The summed E-state index contributed by atoms with van der Waals surface area (Å²) in [6, 6.07) is 6.86. The van der Waals surface area contributed by atoms with Gasteiger partial charge in [0.25, 0.3) is 0 Å². The molecule has 3 atom stereocenters. The Morgan fingerprint density at radius 1 is 1.35 bits per heavy atom. The highest BCUT2D eigenvalue weighted by molar-refractivity contribution is 6.30. The summed E-state index contributed by atoms with van der Waals surface area (Å²) < 4.78 is 5.62. The molecule has 7 heteroatoms. The molecule has 2 rings (SSSR count). The summed E-state index contributed by atoms with van der Waals surface area (Å²) in [5.74, 6) is -0.531. The quantitative estimate of drug-likeness (QED) is 0.610. The molecule has 1 aromatic rings. The summed E-state index contributed by atoms with van der Waals surface area (Å²) >= 11 is 5.86.